The van der Waals surface area contributed by atoms with Crippen molar-refractivity contribution in [1.29, 1.82) is 0 Å². The van der Waals surface area contributed by atoms with Gasteiger partial charge < -0.3 is 4.74 Å². The molecule has 2 heterocycles. The van der Waals surface area contributed by atoms with E-state index < -0.39 is 0 Å². The molecule has 0 saturated carbocycles. The van der Waals surface area contributed by atoms with Gasteiger partial charge in [0.2, 0.25) is 0 Å². The van der Waals surface area contributed by atoms with Crippen molar-refractivity contribution in [3.8, 4) is 22.7 Å². The van der Waals surface area contributed by atoms with Gasteiger partial charge in [0.05, 0.1) is 16.9 Å². The molecule has 0 N–H and O–H groups in total. The van der Waals surface area contributed by atoms with Crippen LogP contribution in [0.25, 0.3) is 23.0 Å². The fraction of sp³-hybridized carbons (Fsp3) is 0.0263. The normalized spacial score (nSPS) is 13.7. The maximum atomic E-state index is 14.2. The second-order valence-corrected chi connectivity index (χ2v) is 10.4. The molecule has 1 aliphatic rings. The Kier molecular flexibility index (Phi) is 7.56. The number of hydrogen-bond donors (Lipinski definition) is 0. The summed E-state index contributed by atoms with van der Waals surface area (Å²) >= 11 is 0. The topological polar surface area (TPSA) is 59.7 Å². The smallest absolute Gasteiger partial charge is 0.281 e. The highest BCUT2D eigenvalue weighted by Gasteiger charge is 2.32. The first-order valence-electron chi connectivity index (χ1n) is 14.5. The highest BCUT2D eigenvalue weighted by Crippen LogP contribution is 2.32. The number of hydrogen-bond acceptors (Lipinski definition) is 4. The lowest BCUT2D eigenvalue weighted by molar-refractivity contribution is -0.114. The molecule has 7 heteroatoms. The highest BCUT2D eigenvalue weighted by atomic mass is 19.1. The Labute approximate surface area is 260 Å². The number of hydrazone groups is 1. The van der Waals surface area contributed by atoms with Gasteiger partial charge in [0.1, 0.15) is 29.6 Å². The zero-order valence-corrected chi connectivity index (χ0v) is 24.1. The third-order valence-electron chi connectivity index (χ3n) is 7.45. The number of carbonyl (C=O) groups excluding carboxylic acids is 1. The summed E-state index contributed by atoms with van der Waals surface area (Å²) < 4.78 is 22.0. The molecule has 1 aromatic heterocycles. The van der Waals surface area contributed by atoms with Crippen LogP contribution >= 0.6 is 0 Å². The monoisotopic (exact) mass is 590 g/mol. The Morgan fingerprint density at radius 2 is 1.36 bits per heavy atom. The van der Waals surface area contributed by atoms with Crippen molar-refractivity contribution in [2.75, 3.05) is 5.01 Å². The molecule has 0 saturated heterocycles. The van der Waals surface area contributed by atoms with E-state index in [-0.39, 0.29) is 18.3 Å². The molecule has 218 valence electrons. The minimum atomic E-state index is -0.314. The van der Waals surface area contributed by atoms with Crippen LogP contribution in [-0.4, -0.2) is 21.4 Å². The Bertz CT molecular complexity index is 2040. The number of aromatic nitrogens is 2. The zero-order valence-electron chi connectivity index (χ0n) is 24.1. The van der Waals surface area contributed by atoms with Gasteiger partial charge in [-0.1, -0.05) is 97.1 Å². The van der Waals surface area contributed by atoms with E-state index in [4.69, 9.17) is 14.9 Å². The van der Waals surface area contributed by atoms with E-state index in [0.29, 0.717) is 34.0 Å². The van der Waals surface area contributed by atoms with Crippen LogP contribution in [0.5, 0.6) is 5.75 Å². The summed E-state index contributed by atoms with van der Waals surface area (Å²) in [5, 5.41) is 11.2. The summed E-state index contributed by atoms with van der Waals surface area (Å²) in [5.41, 5.74) is 6.04. The number of rotatable bonds is 8. The summed E-state index contributed by atoms with van der Waals surface area (Å²) in [5.74, 6) is 0.0219. The first kappa shape index (κ1) is 27.7. The molecule has 7 rings (SSSR count). The number of benzene rings is 5. The lowest BCUT2D eigenvalue weighted by Crippen LogP contribution is -2.21. The van der Waals surface area contributed by atoms with Crippen molar-refractivity contribution < 1.29 is 13.9 Å². The minimum Gasteiger partial charge on any atom is -0.489 e. The van der Waals surface area contributed by atoms with E-state index in [9.17, 15) is 9.18 Å². The van der Waals surface area contributed by atoms with Crippen LogP contribution in [0.3, 0.4) is 0 Å². The quantitative estimate of drug-likeness (QED) is 0.168. The van der Waals surface area contributed by atoms with Crippen LogP contribution in [0, 0.1) is 5.82 Å². The molecule has 5 aromatic carbocycles. The van der Waals surface area contributed by atoms with E-state index in [0.717, 1.165) is 22.4 Å². The van der Waals surface area contributed by atoms with Gasteiger partial charge in [0.25, 0.3) is 5.91 Å². The van der Waals surface area contributed by atoms with Gasteiger partial charge in [0.15, 0.2) is 0 Å². The largest absolute Gasteiger partial charge is 0.489 e. The van der Waals surface area contributed by atoms with Gasteiger partial charge in [-0.25, -0.2) is 9.07 Å². The molecular weight excluding hydrogens is 563 g/mol. The van der Waals surface area contributed by atoms with E-state index in [1.807, 2.05) is 128 Å². The third kappa shape index (κ3) is 5.79. The van der Waals surface area contributed by atoms with Crippen molar-refractivity contribution >= 4 is 23.4 Å². The molecule has 6 aromatic rings. The standard InChI is InChI=1S/C38H27FN4O2/c39-35-22-11-10-15-29(35)26-45-33-21-12-16-28(23-33)36-30(25-42(40-36)31-17-6-2-7-18-31)24-34-37(27-13-4-1-5-14-27)41-43(38(34)44)32-19-8-3-9-20-32/h1-25H,26H2. The van der Waals surface area contributed by atoms with Crippen molar-refractivity contribution in [2.24, 2.45) is 5.10 Å². The van der Waals surface area contributed by atoms with Crippen LogP contribution in [0.4, 0.5) is 10.1 Å². The van der Waals surface area contributed by atoms with Crippen molar-refractivity contribution in [2.45, 2.75) is 6.61 Å². The Balaban J connectivity index is 1.32. The Morgan fingerprint density at radius 1 is 0.711 bits per heavy atom. The number of amides is 1. The highest BCUT2D eigenvalue weighted by molar-refractivity contribution is 6.37. The van der Waals surface area contributed by atoms with E-state index >= 15 is 0 Å². The second kappa shape index (κ2) is 12.3. The van der Waals surface area contributed by atoms with Gasteiger partial charge in [-0.05, 0) is 48.5 Å². The average Bonchev–Trinajstić information content (AvgIpc) is 3.67. The maximum Gasteiger partial charge on any atom is 0.281 e. The molecule has 1 amide bonds. The lowest BCUT2D eigenvalue weighted by Gasteiger charge is -2.11. The zero-order chi connectivity index (χ0) is 30.6. The Morgan fingerprint density at radius 3 is 2.09 bits per heavy atom. The summed E-state index contributed by atoms with van der Waals surface area (Å²) in [4.78, 5) is 14.0. The number of halogens is 1. The van der Waals surface area contributed by atoms with Gasteiger partial charge >= 0.3 is 0 Å². The van der Waals surface area contributed by atoms with Crippen LogP contribution in [0.15, 0.2) is 156 Å². The molecule has 1 aliphatic heterocycles. The first-order chi connectivity index (χ1) is 22.1. The second-order valence-electron chi connectivity index (χ2n) is 10.4. The maximum absolute atomic E-state index is 14.2. The fourth-order valence-corrected chi connectivity index (χ4v) is 5.19. The molecule has 0 fully saturated rings. The molecule has 0 bridgehead atoms. The van der Waals surface area contributed by atoms with Crippen molar-refractivity contribution in [3.05, 3.63) is 174 Å². The first-order valence-corrected chi connectivity index (χ1v) is 14.5. The number of carbonyl (C=O) groups is 1. The molecule has 6 nitrogen and oxygen atoms in total. The number of ether oxygens (including phenoxy) is 1. The molecule has 0 atom stereocenters. The van der Waals surface area contributed by atoms with Gasteiger partial charge in [-0.3, -0.25) is 4.79 Å². The summed E-state index contributed by atoms with van der Waals surface area (Å²) in [7, 11) is 0. The van der Waals surface area contributed by atoms with Gasteiger partial charge in [-0.2, -0.15) is 15.2 Å². The number of nitrogens with zero attached hydrogens (tertiary/aromatic N) is 4. The predicted molar refractivity (Wildman–Crippen MR) is 175 cm³/mol. The lowest BCUT2D eigenvalue weighted by atomic mass is 9.99. The predicted octanol–water partition coefficient (Wildman–Crippen LogP) is 8.09. The SMILES string of the molecule is O=C1C(=Cc2cn(-c3ccccc3)nc2-c2cccc(OCc3ccccc3F)c2)C(c2ccccc2)=NN1c1ccccc1. The van der Waals surface area contributed by atoms with Crippen molar-refractivity contribution in [3.63, 3.8) is 0 Å². The summed E-state index contributed by atoms with van der Waals surface area (Å²) in [6.07, 6.45) is 3.76. The van der Waals surface area contributed by atoms with E-state index in [1.165, 1.54) is 11.1 Å². The number of anilines is 1. The molecule has 0 unspecified atom stereocenters. The molecular formula is C38H27FN4O2. The van der Waals surface area contributed by atoms with E-state index in [1.54, 1.807) is 22.9 Å². The van der Waals surface area contributed by atoms with Gasteiger partial charge in [-0.15, -0.1) is 0 Å². The third-order valence-corrected chi connectivity index (χ3v) is 7.45. The van der Waals surface area contributed by atoms with Crippen molar-refractivity contribution in [1.82, 2.24) is 9.78 Å². The fourth-order valence-electron chi connectivity index (χ4n) is 5.19. The van der Waals surface area contributed by atoms with Crippen LogP contribution in [0.1, 0.15) is 16.7 Å². The number of para-hydroxylation sites is 2. The summed E-state index contributed by atoms with van der Waals surface area (Å²) in [6, 6.07) is 42.9. The molecule has 0 radical (unpaired) electrons. The minimum absolute atomic E-state index is 0.0895. The van der Waals surface area contributed by atoms with Gasteiger partial charge in [0, 0.05) is 28.5 Å². The van der Waals surface area contributed by atoms with Crippen LogP contribution in [-0.2, 0) is 11.4 Å². The van der Waals surface area contributed by atoms with E-state index in [2.05, 4.69) is 0 Å². The Hall–Kier alpha value is -6.08. The van der Waals surface area contributed by atoms with Crippen LogP contribution in [0.2, 0.25) is 0 Å². The summed E-state index contributed by atoms with van der Waals surface area (Å²) in [6.45, 7) is 0.0895. The average molecular weight is 591 g/mol. The molecule has 0 aliphatic carbocycles. The molecule has 0 spiro atoms. The van der Waals surface area contributed by atoms with Crippen LogP contribution < -0.4 is 9.75 Å². The molecule has 45 heavy (non-hydrogen) atoms.